The molecule has 0 aromatic carbocycles. The van der Waals surface area contributed by atoms with Crippen LogP contribution in [0.2, 0.25) is 0 Å². The number of carbonyl (C=O) groups excluding carboxylic acids is 2. The van der Waals surface area contributed by atoms with Crippen LogP contribution in [0.25, 0.3) is 0 Å². The number of hydrogen-bond acceptors (Lipinski definition) is 6. The van der Waals surface area contributed by atoms with Crippen LogP contribution in [-0.2, 0) is 23.9 Å². The average molecular weight is 629 g/mol. The van der Waals surface area contributed by atoms with Gasteiger partial charge in [0.25, 0.3) is 0 Å². The Morgan fingerprint density at radius 2 is 1.60 bits per heavy atom. The number of hydrogen-bond donors (Lipinski definition) is 2. The summed E-state index contributed by atoms with van der Waals surface area (Å²) in [5.41, 5.74) is 2.48. The minimum atomic E-state index is -1.52. The number of ether oxygens (including phenoxy) is 2. The van der Waals surface area contributed by atoms with Gasteiger partial charge in [0.05, 0.1) is 31.5 Å². The van der Waals surface area contributed by atoms with E-state index in [0.717, 1.165) is 63.4 Å². The van der Waals surface area contributed by atoms with Crippen molar-refractivity contribution in [3.63, 3.8) is 0 Å². The smallest absolute Gasteiger partial charge is 0.309 e. The predicted octanol–water partition coefficient (Wildman–Crippen LogP) is 8.04. The second-order valence-corrected chi connectivity index (χ2v) is 16.9. The summed E-state index contributed by atoms with van der Waals surface area (Å²) >= 11 is 0. The Morgan fingerprint density at radius 1 is 0.956 bits per heavy atom. The zero-order valence-corrected chi connectivity index (χ0v) is 29.5. The molecule has 4 aliphatic carbocycles. The van der Waals surface area contributed by atoms with Gasteiger partial charge in [0, 0.05) is 5.41 Å². The first-order valence-corrected chi connectivity index (χ1v) is 17.4. The highest BCUT2D eigenvalue weighted by atomic mass is 16.5. The SMILES string of the molecule is C=C(CC[C@@H](C(=O)O)[C@H]1CC[C@@]2(C)C3=C(CC[C@]12C)[C@@]1(C)CC[C@@H](OC(=O)CC(C)(O)CC(=O)OC)C(C)(C)[C@@H]1CC3)C(C)C. The van der Waals surface area contributed by atoms with Gasteiger partial charge in [0.2, 0.25) is 0 Å². The number of carbonyl (C=O) groups is 3. The molecule has 2 fully saturated rings. The minimum Gasteiger partial charge on any atom is -0.481 e. The quantitative estimate of drug-likeness (QED) is 0.176. The van der Waals surface area contributed by atoms with Gasteiger partial charge in [-0.25, -0.2) is 0 Å². The van der Waals surface area contributed by atoms with Crippen molar-refractivity contribution in [3.8, 4) is 0 Å². The highest BCUT2D eigenvalue weighted by molar-refractivity contribution is 5.75. The van der Waals surface area contributed by atoms with Crippen LogP contribution < -0.4 is 0 Å². The number of allylic oxidation sites excluding steroid dienone is 3. The number of methoxy groups -OCH3 is 1. The summed E-state index contributed by atoms with van der Waals surface area (Å²) in [4.78, 5) is 37.4. The average Bonchev–Trinajstić information content (AvgIpc) is 3.20. The molecule has 1 unspecified atom stereocenters. The highest BCUT2D eigenvalue weighted by Gasteiger charge is 2.64. The maximum atomic E-state index is 13.0. The number of esters is 2. The third-order valence-electron chi connectivity index (χ3n) is 13.7. The molecular formula is C38H60O7. The lowest BCUT2D eigenvalue weighted by Gasteiger charge is -2.62. The molecule has 0 saturated heterocycles. The maximum absolute atomic E-state index is 13.0. The molecule has 0 amide bonds. The summed E-state index contributed by atoms with van der Waals surface area (Å²) in [7, 11) is 1.26. The van der Waals surface area contributed by atoms with Gasteiger partial charge in [-0.15, -0.1) is 0 Å². The fourth-order valence-corrected chi connectivity index (χ4v) is 10.6. The maximum Gasteiger partial charge on any atom is 0.309 e. The zero-order valence-electron chi connectivity index (χ0n) is 29.5. The van der Waals surface area contributed by atoms with Gasteiger partial charge >= 0.3 is 17.9 Å². The Morgan fingerprint density at radius 3 is 2.20 bits per heavy atom. The van der Waals surface area contributed by atoms with Gasteiger partial charge in [-0.3, -0.25) is 14.4 Å². The van der Waals surface area contributed by atoms with E-state index in [0.29, 0.717) is 18.3 Å². The Labute approximate surface area is 271 Å². The first-order valence-electron chi connectivity index (χ1n) is 17.4. The summed E-state index contributed by atoms with van der Waals surface area (Å²) in [6.07, 6.45) is 8.38. The van der Waals surface area contributed by atoms with Gasteiger partial charge < -0.3 is 19.7 Å². The van der Waals surface area contributed by atoms with E-state index in [-0.39, 0.29) is 52.4 Å². The fraction of sp³-hybridized carbons (Fsp3) is 0.816. The summed E-state index contributed by atoms with van der Waals surface area (Å²) in [5, 5.41) is 21.1. The molecule has 0 spiro atoms. The molecule has 0 heterocycles. The van der Waals surface area contributed by atoms with Gasteiger partial charge in [-0.2, -0.15) is 0 Å². The van der Waals surface area contributed by atoms with E-state index in [2.05, 4.69) is 59.8 Å². The monoisotopic (exact) mass is 628 g/mol. The highest BCUT2D eigenvalue weighted by Crippen LogP contribution is 2.72. The Kier molecular flexibility index (Phi) is 9.89. The van der Waals surface area contributed by atoms with Gasteiger partial charge in [-0.1, -0.05) is 71.8 Å². The summed E-state index contributed by atoms with van der Waals surface area (Å²) < 4.78 is 10.8. The number of carboxylic acids is 1. The molecular weight excluding hydrogens is 568 g/mol. The molecule has 7 heteroatoms. The first-order chi connectivity index (χ1) is 20.7. The van der Waals surface area contributed by atoms with E-state index in [1.54, 1.807) is 11.1 Å². The number of aliphatic hydroxyl groups is 1. The lowest BCUT2D eigenvalue weighted by Crippen LogP contribution is -2.56. The van der Waals surface area contributed by atoms with Crippen LogP contribution in [0.3, 0.4) is 0 Å². The first kappa shape index (κ1) is 35.7. The second kappa shape index (κ2) is 12.5. The van der Waals surface area contributed by atoms with E-state index in [1.165, 1.54) is 14.0 Å². The molecule has 0 aromatic heterocycles. The minimum absolute atomic E-state index is 0.000000211. The Balaban J connectivity index is 1.55. The normalized spacial score (nSPS) is 35.8. The molecule has 45 heavy (non-hydrogen) atoms. The van der Waals surface area contributed by atoms with Crippen LogP contribution in [-0.4, -0.2) is 46.9 Å². The van der Waals surface area contributed by atoms with E-state index in [9.17, 15) is 24.6 Å². The molecule has 8 atom stereocenters. The van der Waals surface area contributed by atoms with Crippen LogP contribution >= 0.6 is 0 Å². The molecule has 0 radical (unpaired) electrons. The predicted molar refractivity (Wildman–Crippen MR) is 175 cm³/mol. The van der Waals surface area contributed by atoms with Crippen LogP contribution in [0.4, 0.5) is 0 Å². The van der Waals surface area contributed by atoms with Crippen molar-refractivity contribution < 1.29 is 34.1 Å². The van der Waals surface area contributed by atoms with Gasteiger partial charge in [0.1, 0.15) is 6.10 Å². The molecule has 7 nitrogen and oxygen atoms in total. The third-order valence-corrected chi connectivity index (χ3v) is 13.7. The number of carboxylic acid groups (broad SMARTS) is 1. The molecule has 4 rings (SSSR count). The van der Waals surface area contributed by atoms with Crippen LogP contribution in [0.15, 0.2) is 23.3 Å². The molecule has 0 bridgehead atoms. The van der Waals surface area contributed by atoms with Crippen LogP contribution in [0.5, 0.6) is 0 Å². The third kappa shape index (κ3) is 6.28. The summed E-state index contributed by atoms with van der Waals surface area (Å²) in [6, 6.07) is 0. The largest absolute Gasteiger partial charge is 0.481 e. The van der Waals surface area contributed by atoms with Crippen molar-refractivity contribution in [2.75, 3.05) is 7.11 Å². The number of aliphatic carboxylic acids is 1. The summed E-state index contributed by atoms with van der Waals surface area (Å²) in [6.45, 7) is 21.7. The van der Waals surface area contributed by atoms with Crippen molar-refractivity contribution in [3.05, 3.63) is 23.3 Å². The van der Waals surface area contributed by atoms with Crippen molar-refractivity contribution in [1.29, 1.82) is 0 Å². The molecule has 0 aliphatic heterocycles. The van der Waals surface area contributed by atoms with E-state index < -0.39 is 23.5 Å². The topological polar surface area (TPSA) is 110 Å². The standard InChI is InChI=1S/C38H60O7/c1-23(2)24(3)11-12-25(33(41)42)26-15-19-38(9)28-13-14-29-34(4,5)30(45-32(40)22-35(6,43)21-31(39)44-10)17-18-36(29,7)27(28)16-20-37(26,38)8/h23,25-26,29-30,43H,3,11-22H2,1-2,4-10H3,(H,41,42)/t25-,26-,29+,30-,35?,36-,37-,38+/m1/s1. The Bertz CT molecular complexity index is 1230. The van der Waals surface area contributed by atoms with Gasteiger partial charge in [0.15, 0.2) is 0 Å². The fourth-order valence-electron chi connectivity index (χ4n) is 10.6. The van der Waals surface area contributed by atoms with Gasteiger partial charge in [-0.05, 0) is 105 Å². The summed E-state index contributed by atoms with van der Waals surface area (Å²) in [5.74, 6) is -1.19. The zero-order chi connectivity index (χ0) is 33.8. The lowest BCUT2D eigenvalue weighted by molar-refractivity contribution is -0.174. The van der Waals surface area contributed by atoms with Crippen molar-refractivity contribution in [2.45, 2.75) is 144 Å². The molecule has 4 aliphatic rings. The Hall–Kier alpha value is -2.15. The van der Waals surface area contributed by atoms with Crippen molar-refractivity contribution in [1.82, 2.24) is 0 Å². The molecule has 254 valence electrons. The number of rotatable bonds is 11. The van der Waals surface area contributed by atoms with Crippen LogP contribution in [0, 0.1) is 45.3 Å². The van der Waals surface area contributed by atoms with E-state index >= 15 is 0 Å². The van der Waals surface area contributed by atoms with Crippen LogP contribution in [0.1, 0.15) is 132 Å². The second-order valence-electron chi connectivity index (χ2n) is 16.9. The van der Waals surface area contributed by atoms with Crippen molar-refractivity contribution in [2.24, 2.45) is 45.3 Å². The lowest BCUT2D eigenvalue weighted by atomic mass is 9.43. The van der Waals surface area contributed by atoms with E-state index in [1.807, 2.05) is 0 Å². The molecule has 2 N–H and O–H groups in total. The molecule has 2 saturated carbocycles. The van der Waals surface area contributed by atoms with E-state index in [4.69, 9.17) is 4.74 Å². The van der Waals surface area contributed by atoms with Crippen molar-refractivity contribution >= 4 is 17.9 Å². The number of fused-ring (bicyclic) bond motifs is 4. The molecule has 0 aromatic rings.